The van der Waals surface area contributed by atoms with Crippen LogP contribution in [0.3, 0.4) is 0 Å². The normalized spacial score (nSPS) is 21.9. The van der Waals surface area contributed by atoms with E-state index in [-0.39, 0.29) is 5.91 Å². The molecule has 1 N–H and O–H groups in total. The van der Waals surface area contributed by atoms with Crippen LogP contribution >= 0.6 is 0 Å². The lowest BCUT2D eigenvalue weighted by atomic mass is 9.91. The second kappa shape index (κ2) is 10.8. The van der Waals surface area contributed by atoms with E-state index in [1.807, 2.05) is 18.0 Å². The summed E-state index contributed by atoms with van der Waals surface area (Å²) in [5.74, 6) is 7.43. The number of amides is 1. The van der Waals surface area contributed by atoms with Crippen molar-refractivity contribution in [1.82, 2.24) is 19.8 Å². The first-order valence-electron chi connectivity index (χ1n) is 13.8. The van der Waals surface area contributed by atoms with Gasteiger partial charge in [-0.2, -0.15) is 0 Å². The maximum atomic E-state index is 12.2. The van der Waals surface area contributed by atoms with Gasteiger partial charge in [-0.3, -0.25) is 14.7 Å². The first-order valence-corrected chi connectivity index (χ1v) is 13.8. The van der Waals surface area contributed by atoms with Crippen LogP contribution in [0.5, 0.6) is 5.75 Å². The SMILES string of the molecule is CC#CC(=O)N1CCC(N2CCC(c3cc4c(c(C)n3)OCc3c(N5CCOCC5)ccnc3N4)CC2)C1. The highest BCUT2D eigenvalue weighted by molar-refractivity contribution is 5.93. The lowest BCUT2D eigenvalue weighted by molar-refractivity contribution is -0.124. The number of carbonyl (C=O) groups is 1. The van der Waals surface area contributed by atoms with Gasteiger partial charge in [-0.25, -0.2) is 4.98 Å². The van der Waals surface area contributed by atoms with Crippen LogP contribution in [0.4, 0.5) is 17.2 Å². The van der Waals surface area contributed by atoms with Crippen molar-refractivity contribution in [3.8, 4) is 17.6 Å². The molecule has 1 amide bonds. The Morgan fingerprint density at radius 3 is 2.74 bits per heavy atom. The Morgan fingerprint density at radius 2 is 1.95 bits per heavy atom. The van der Waals surface area contributed by atoms with Crippen molar-refractivity contribution in [2.24, 2.45) is 0 Å². The molecule has 0 spiro atoms. The second-order valence-electron chi connectivity index (χ2n) is 10.6. The molecule has 6 heterocycles. The summed E-state index contributed by atoms with van der Waals surface area (Å²) in [5.41, 5.74) is 5.21. The zero-order valence-corrected chi connectivity index (χ0v) is 22.3. The van der Waals surface area contributed by atoms with Gasteiger partial charge in [0.15, 0.2) is 5.75 Å². The number of hydrogen-bond donors (Lipinski definition) is 1. The van der Waals surface area contributed by atoms with Crippen molar-refractivity contribution >= 4 is 23.1 Å². The standard InChI is InChI=1S/C29H36N6O3/c1-3-4-27(36)35-12-8-22(18-35)33-10-6-21(7-11-33)24-17-25-28(20(2)31-24)38-19-23-26(5-9-30-29(23)32-25)34-13-15-37-16-14-34/h5,9,17,21-22H,6-8,10-16,18-19H2,1-2H3,(H,30,32). The molecule has 1 atom stereocenters. The van der Waals surface area contributed by atoms with E-state index in [1.165, 1.54) is 0 Å². The third kappa shape index (κ3) is 4.91. The van der Waals surface area contributed by atoms with Gasteiger partial charge < -0.3 is 24.6 Å². The van der Waals surface area contributed by atoms with Gasteiger partial charge in [-0.1, -0.05) is 5.92 Å². The van der Waals surface area contributed by atoms with E-state index in [4.69, 9.17) is 14.5 Å². The quantitative estimate of drug-likeness (QED) is 0.624. The van der Waals surface area contributed by atoms with Gasteiger partial charge in [0.2, 0.25) is 0 Å². The summed E-state index contributed by atoms with van der Waals surface area (Å²) in [6, 6.07) is 4.67. The maximum absolute atomic E-state index is 12.2. The van der Waals surface area contributed by atoms with Crippen molar-refractivity contribution in [2.45, 2.75) is 51.7 Å². The highest BCUT2D eigenvalue weighted by atomic mass is 16.5. The zero-order chi connectivity index (χ0) is 26.1. The van der Waals surface area contributed by atoms with Crippen molar-refractivity contribution < 1.29 is 14.3 Å². The van der Waals surface area contributed by atoms with Gasteiger partial charge in [-0.15, -0.1) is 0 Å². The number of anilines is 3. The molecule has 9 nitrogen and oxygen atoms in total. The fourth-order valence-electron chi connectivity index (χ4n) is 6.24. The third-order valence-electron chi connectivity index (χ3n) is 8.31. The Kier molecular flexibility index (Phi) is 7.09. The van der Waals surface area contributed by atoms with Crippen LogP contribution in [0.15, 0.2) is 18.3 Å². The number of hydrogen-bond acceptors (Lipinski definition) is 8. The number of nitrogens with zero attached hydrogens (tertiary/aromatic N) is 5. The summed E-state index contributed by atoms with van der Waals surface area (Å²) in [5, 5.41) is 3.59. The first-order chi connectivity index (χ1) is 18.6. The minimum atomic E-state index is -0.0441. The molecule has 38 heavy (non-hydrogen) atoms. The summed E-state index contributed by atoms with van der Waals surface area (Å²) in [6.07, 6.45) is 5.01. The van der Waals surface area contributed by atoms with E-state index >= 15 is 0 Å². The Bertz CT molecular complexity index is 1260. The Morgan fingerprint density at radius 1 is 1.13 bits per heavy atom. The average molecular weight is 517 g/mol. The van der Waals surface area contributed by atoms with Crippen molar-refractivity contribution in [3.63, 3.8) is 0 Å². The molecule has 9 heteroatoms. The molecule has 0 bridgehead atoms. The lowest BCUT2D eigenvalue weighted by Crippen LogP contribution is -2.43. The van der Waals surface area contributed by atoms with Crippen LogP contribution in [0.2, 0.25) is 0 Å². The van der Waals surface area contributed by atoms with Crippen molar-refractivity contribution in [3.05, 3.63) is 35.3 Å². The van der Waals surface area contributed by atoms with Gasteiger partial charge in [0.25, 0.3) is 5.91 Å². The summed E-state index contributed by atoms with van der Waals surface area (Å²) in [4.78, 5) is 28.6. The monoisotopic (exact) mass is 516 g/mol. The van der Waals surface area contributed by atoms with E-state index in [0.717, 1.165) is 112 Å². The largest absolute Gasteiger partial charge is 0.485 e. The number of nitrogens with one attached hydrogen (secondary N) is 1. The van der Waals surface area contributed by atoms with E-state index < -0.39 is 0 Å². The molecule has 4 aliphatic rings. The number of pyridine rings is 2. The van der Waals surface area contributed by atoms with Crippen LogP contribution in [-0.2, 0) is 16.1 Å². The van der Waals surface area contributed by atoms with Gasteiger partial charge in [-0.05, 0) is 64.3 Å². The lowest BCUT2D eigenvalue weighted by Gasteiger charge is -2.36. The number of morpholine rings is 1. The average Bonchev–Trinajstić information content (AvgIpc) is 3.36. The molecule has 0 aromatic carbocycles. The first kappa shape index (κ1) is 25.0. The molecule has 1 unspecified atom stereocenters. The molecule has 3 saturated heterocycles. The molecule has 200 valence electrons. The molecule has 3 fully saturated rings. The molecule has 0 saturated carbocycles. The number of ether oxygens (including phenoxy) is 2. The number of likely N-dealkylation sites (tertiary alicyclic amines) is 2. The van der Waals surface area contributed by atoms with E-state index in [9.17, 15) is 4.79 Å². The predicted molar refractivity (Wildman–Crippen MR) is 146 cm³/mol. The smallest absolute Gasteiger partial charge is 0.298 e. The summed E-state index contributed by atoms with van der Waals surface area (Å²) < 4.78 is 11.9. The van der Waals surface area contributed by atoms with Gasteiger partial charge in [0.1, 0.15) is 12.4 Å². The summed E-state index contributed by atoms with van der Waals surface area (Å²) in [7, 11) is 0. The zero-order valence-electron chi connectivity index (χ0n) is 22.3. The molecular weight excluding hydrogens is 480 g/mol. The number of aryl methyl sites for hydroxylation is 1. The number of fused-ring (bicyclic) bond motifs is 2. The predicted octanol–water partition coefficient (Wildman–Crippen LogP) is 3.06. The van der Waals surface area contributed by atoms with Crippen LogP contribution < -0.4 is 15.0 Å². The molecule has 4 aliphatic heterocycles. The summed E-state index contributed by atoms with van der Waals surface area (Å²) >= 11 is 0. The van der Waals surface area contributed by atoms with Gasteiger partial charge >= 0.3 is 0 Å². The van der Waals surface area contributed by atoms with Gasteiger partial charge in [0.05, 0.1) is 30.2 Å². The molecule has 2 aromatic rings. The fourth-order valence-corrected chi connectivity index (χ4v) is 6.24. The van der Waals surface area contributed by atoms with Crippen molar-refractivity contribution in [2.75, 3.05) is 62.7 Å². The van der Waals surface area contributed by atoms with Crippen LogP contribution in [0.25, 0.3) is 0 Å². The number of aromatic nitrogens is 2. The van der Waals surface area contributed by atoms with E-state index in [0.29, 0.717) is 18.6 Å². The molecule has 0 aliphatic carbocycles. The number of rotatable bonds is 3. The molecule has 0 radical (unpaired) electrons. The topological polar surface area (TPSA) is 83.1 Å². The Hall–Kier alpha value is -3.35. The Balaban J connectivity index is 1.15. The van der Waals surface area contributed by atoms with Crippen LogP contribution in [-0.4, -0.2) is 84.2 Å². The molecule has 2 aromatic heterocycles. The van der Waals surface area contributed by atoms with Crippen LogP contribution in [0.1, 0.15) is 49.1 Å². The van der Waals surface area contributed by atoms with Crippen LogP contribution in [0, 0.1) is 18.8 Å². The maximum Gasteiger partial charge on any atom is 0.298 e. The van der Waals surface area contributed by atoms with Crippen molar-refractivity contribution in [1.29, 1.82) is 0 Å². The molecular formula is C29H36N6O3. The fraction of sp³-hybridized carbons (Fsp3) is 0.552. The summed E-state index contributed by atoms with van der Waals surface area (Å²) in [6.45, 7) is 11.1. The van der Waals surface area contributed by atoms with E-state index in [2.05, 4.69) is 44.1 Å². The Labute approximate surface area is 224 Å². The number of carbonyl (C=O) groups excluding carboxylic acids is 1. The van der Waals surface area contributed by atoms with Gasteiger partial charge in [0, 0.05) is 55.7 Å². The highest BCUT2D eigenvalue weighted by Gasteiger charge is 2.33. The van der Waals surface area contributed by atoms with E-state index in [1.54, 1.807) is 6.92 Å². The third-order valence-corrected chi connectivity index (χ3v) is 8.31. The highest BCUT2D eigenvalue weighted by Crippen LogP contribution is 2.40. The molecule has 6 rings (SSSR count). The minimum absolute atomic E-state index is 0.0441. The minimum Gasteiger partial charge on any atom is -0.485 e. The number of piperidine rings is 1. The second-order valence-corrected chi connectivity index (χ2v) is 10.6.